The van der Waals surface area contributed by atoms with Crippen LogP contribution >= 0.6 is 12.2 Å². The number of rotatable bonds is 5. The number of piperazine rings is 1. The van der Waals surface area contributed by atoms with Gasteiger partial charge in [-0.05, 0) is 74.3 Å². The molecule has 5 nitrogen and oxygen atoms in total. The SMILES string of the molecule is CCCc1nc(OC)c(NC(=S)N2CCN(c3cc(C)cc(C)c3)CC2)cc1C. The number of benzene rings is 1. The fourth-order valence-electron chi connectivity index (χ4n) is 3.86. The molecule has 0 radical (unpaired) electrons. The lowest BCUT2D eigenvalue weighted by Gasteiger charge is -2.37. The minimum Gasteiger partial charge on any atom is -0.480 e. The molecule has 1 saturated heterocycles. The van der Waals surface area contributed by atoms with Crippen molar-refractivity contribution in [3.05, 3.63) is 46.6 Å². The number of aryl methyl sites for hydroxylation is 4. The minimum absolute atomic E-state index is 0.607. The zero-order valence-electron chi connectivity index (χ0n) is 18.2. The van der Waals surface area contributed by atoms with E-state index < -0.39 is 0 Å². The molecule has 6 heteroatoms. The van der Waals surface area contributed by atoms with Crippen LogP contribution in [-0.2, 0) is 6.42 Å². The number of nitrogens with one attached hydrogen (secondary N) is 1. The summed E-state index contributed by atoms with van der Waals surface area (Å²) in [4.78, 5) is 9.34. The molecule has 0 aliphatic carbocycles. The van der Waals surface area contributed by atoms with Gasteiger partial charge in [-0.15, -0.1) is 0 Å². The van der Waals surface area contributed by atoms with Crippen molar-refractivity contribution in [2.75, 3.05) is 43.5 Å². The van der Waals surface area contributed by atoms with Gasteiger partial charge in [0.05, 0.1) is 7.11 Å². The topological polar surface area (TPSA) is 40.6 Å². The molecule has 29 heavy (non-hydrogen) atoms. The lowest BCUT2D eigenvalue weighted by atomic mass is 10.1. The fourth-order valence-corrected chi connectivity index (χ4v) is 4.16. The lowest BCUT2D eigenvalue weighted by Crippen LogP contribution is -2.50. The Morgan fingerprint density at radius 2 is 1.72 bits per heavy atom. The summed E-state index contributed by atoms with van der Waals surface area (Å²) in [5.41, 5.74) is 7.00. The van der Waals surface area contributed by atoms with Gasteiger partial charge in [0.2, 0.25) is 5.88 Å². The van der Waals surface area contributed by atoms with E-state index in [2.05, 4.69) is 72.1 Å². The van der Waals surface area contributed by atoms with E-state index in [-0.39, 0.29) is 0 Å². The van der Waals surface area contributed by atoms with Gasteiger partial charge in [0, 0.05) is 37.6 Å². The molecule has 2 heterocycles. The number of aromatic nitrogens is 1. The van der Waals surface area contributed by atoms with Gasteiger partial charge in [0.15, 0.2) is 5.11 Å². The highest BCUT2D eigenvalue weighted by molar-refractivity contribution is 7.80. The number of pyridine rings is 1. The molecule has 2 aromatic rings. The number of nitrogens with zero attached hydrogens (tertiary/aromatic N) is 3. The number of ether oxygens (including phenoxy) is 1. The van der Waals surface area contributed by atoms with E-state index in [0.29, 0.717) is 5.88 Å². The molecule has 1 N–H and O–H groups in total. The Morgan fingerprint density at radius 3 is 2.31 bits per heavy atom. The molecule has 156 valence electrons. The van der Waals surface area contributed by atoms with Crippen molar-refractivity contribution in [1.29, 1.82) is 0 Å². The van der Waals surface area contributed by atoms with Gasteiger partial charge in [-0.3, -0.25) is 0 Å². The summed E-state index contributed by atoms with van der Waals surface area (Å²) in [6, 6.07) is 8.83. The Morgan fingerprint density at radius 1 is 1.07 bits per heavy atom. The highest BCUT2D eigenvalue weighted by Crippen LogP contribution is 2.26. The molecule has 3 rings (SSSR count). The molecule has 0 amide bonds. The van der Waals surface area contributed by atoms with Crippen molar-refractivity contribution in [1.82, 2.24) is 9.88 Å². The highest BCUT2D eigenvalue weighted by atomic mass is 32.1. The van der Waals surface area contributed by atoms with Crippen molar-refractivity contribution in [2.24, 2.45) is 0 Å². The van der Waals surface area contributed by atoms with E-state index in [9.17, 15) is 0 Å². The summed E-state index contributed by atoms with van der Waals surface area (Å²) in [6.45, 7) is 12.2. The average molecular weight is 413 g/mol. The highest BCUT2D eigenvalue weighted by Gasteiger charge is 2.21. The molecule has 1 aromatic heterocycles. The number of methoxy groups -OCH3 is 1. The first-order chi connectivity index (χ1) is 13.9. The molecular formula is C23H32N4OS. The van der Waals surface area contributed by atoms with Crippen LogP contribution in [0.5, 0.6) is 5.88 Å². The standard InChI is InChI=1S/C23H32N4OS/c1-6-7-20-18(4)15-21(22(24-20)28-5)25-23(29)27-10-8-26(9-11-27)19-13-16(2)12-17(3)14-19/h12-15H,6-11H2,1-5H3,(H,25,29). The fraction of sp³-hybridized carbons (Fsp3) is 0.478. The van der Waals surface area contributed by atoms with Gasteiger partial charge in [0.1, 0.15) is 5.69 Å². The third kappa shape index (κ3) is 5.18. The van der Waals surface area contributed by atoms with Gasteiger partial charge in [-0.25, -0.2) is 4.98 Å². The summed E-state index contributed by atoms with van der Waals surface area (Å²) in [7, 11) is 1.66. The normalized spacial score (nSPS) is 14.1. The van der Waals surface area contributed by atoms with Gasteiger partial charge in [-0.2, -0.15) is 0 Å². The monoisotopic (exact) mass is 412 g/mol. The summed E-state index contributed by atoms with van der Waals surface area (Å²) in [6.07, 6.45) is 2.01. The maximum absolute atomic E-state index is 5.70. The molecule has 0 atom stereocenters. The molecule has 0 spiro atoms. The van der Waals surface area contributed by atoms with Gasteiger partial charge in [0.25, 0.3) is 0 Å². The molecule has 1 aromatic carbocycles. The molecule has 1 aliphatic rings. The molecule has 0 saturated carbocycles. The molecule has 1 aliphatic heterocycles. The maximum Gasteiger partial charge on any atom is 0.237 e. The van der Waals surface area contributed by atoms with Crippen LogP contribution in [0.15, 0.2) is 24.3 Å². The third-order valence-corrected chi connectivity index (χ3v) is 5.70. The second-order valence-corrected chi connectivity index (χ2v) is 8.20. The number of hydrogen-bond donors (Lipinski definition) is 1. The molecule has 0 bridgehead atoms. The largest absolute Gasteiger partial charge is 0.480 e. The maximum atomic E-state index is 5.70. The summed E-state index contributed by atoms with van der Waals surface area (Å²) < 4.78 is 5.51. The van der Waals surface area contributed by atoms with Crippen LogP contribution in [0.4, 0.5) is 11.4 Å². The van der Waals surface area contributed by atoms with Crippen LogP contribution in [0.2, 0.25) is 0 Å². The third-order valence-electron chi connectivity index (χ3n) is 5.34. The Balaban J connectivity index is 1.65. The van der Waals surface area contributed by atoms with E-state index in [1.807, 2.05) is 0 Å². The number of thiocarbonyl (C=S) groups is 1. The smallest absolute Gasteiger partial charge is 0.237 e. The Kier molecular flexibility index (Phi) is 6.96. The van der Waals surface area contributed by atoms with Gasteiger partial charge in [-0.1, -0.05) is 19.4 Å². The first-order valence-electron chi connectivity index (χ1n) is 10.3. The van der Waals surface area contributed by atoms with E-state index in [1.54, 1.807) is 7.11 Å². The molecule has 1 fully saturated rings. The van der Waals surface area contributed by atoms with E-state index in [1.165, 1.54) is 16.8 Å². The van der Waals surface area contributed by atoms with Crippen LogP contribution < -0.4 is 15.0 Å². The van der Waals surface area contributed by atoms with Crippen LogP contribution in [0.25, 0.3) is 0 Å². The van der Waals surface area contributed by atoms with Crippen LogP contribution in [0.3, 0.4) is 0 Å². The van der Waals surface area contributed by atoms with E-state index in [0.717, 1.165) is 61.1 Å². The van der Waals surface area contributed by atoms with Crippen molar-refractivity contribution in [2.45, 2.75) is 40.5 Å². The predicted molar refractivity (Wildman–Crippen MR) is 125 cm³/mol. The summed E-state index contributed by atoms with van der Waals surface area (Å²) in [5.74, 6) is 0.607. The zero-order valence-corrected chi connectivity index (χ0v) is 19.0. The number of anilines is 2. The summed E-state index contributed by atoms with van der Waals surface area (Å²) >= 11 is 5.70. The zero-order chi connectivity index (χ0) is 21.0. The van der Waals surface area contributed by atoms with Crippen LogP contribution in [0, 0.1) is 20.8 Å². The second-order valence-electron chi connectivity index (χ2n) is 7.81. The van der Waals surface area contributed by atoms with Crippen LogP contribution in [0.1, 0.15) is 35.7 Å². The minimum atomic E-state index is 0.607. The van der Waals surface area contributed by atoms with Crippen LogP contribution in [-0.4, -0.2) is 48.3 Å². The Bertz CT molecular complexity index is 855. The Hall–Kier alpha value is -2.34. The van der Waals surface area contributed by atoms with E-state index in [4.69, 9.17) is 17.0 Å². The van der Waals surface area contributed by atoms with Crippen molar-refractivity contribution in [3.63, 3.8) is 0 Å². The average Bonchev–Trinajstić information content (AvgIpc) is 2.69. The predicted octanol–water partition coefficient (Wildman–Crippen LogP) is 4.49. The van der Waals surface area contributed by atoms with Crippen molar-refractivity contribution in [3.8, 4) is 5.88 Å². The summed E-state index contributed by atoms with van der Waals surface area (Å²) in [5, 5.41) is 4.09. The first-order valence-corrected chi connectivity index (χ1v) is 10.8. The first kappa shape index (κ1) is 21.4. The van der Waals surface area contributed by atoms with Crippen molar-refractivity contribution >= 4 is 28.7 Å². The van der Waals surface area contributed by atoms with E-state index >= 15 is 0 Å². The molecule has 0 unspecified atom stereocenters. The quantitative estimate of drug-likeness (QED) is 0.730. The Labute approximate surface area is 180 Å². The lowest BCUT2D eigenvalue weighted by molar-refractivity contribution is 0.388. The second kappa shape index (κ2) is 9.44. The number of hydrogen-bond acceptors (Lipinski definition) is 4. The van der Waals surface area contributed by atoms with Crippen molar-refractivity contribution < 1.29 is 4.74 Å². The van der Waals surface area contributed by atoms with Gasteiger partial charge >= 0.3 is 0 Å². The molecular weight excluding hydrogens is 380 g/mol. The van der Waals surface area contributed by atoms with Gasteiger partial charge < -0.3 is 19.9 Å².